The smallest absolute Gasteiger partial charge is 0.250 e. The molecule has 0 aliphatic carbocycles. The van der Waals surface area contributed by atoms with E-state index in [2.05, 4.69) is 0 Å². The molecule has 18 heavy (non-hydrogen) atoms. The third-order valence-corrected chi connectivity index (χ3v) is 5.87. The molecule has 3 rings (SSSR count). The topological polar surface area (TPSA) is 18.5 Å². The van der Waals surface area contributed by atoms with E-state index in [1.54, 1.807) is 0 Å². The third-order valence-electron chi connectivity index (χ3n) is 2.93. The number of hydrogen-bond acceptors (Lipinski definition) is 3. The van der Waals surface area contributed by atoms with E-state index in [-0.39, 0.29) is 0 Å². The first kappa shape index (κ1) is 11.9. The molecule has 0 atom stereocenters. The minimum atomic E-state index is -2.27. The van der Waals surface area contributed by atoms with E-state index in [0.29, 0.717) is 6.16 Å². The molecule has 0 unspecified atom stereocenters. The maximum absolute atomic E-state index is 5.98. The Morgan fingerprint density at radius 1 is 0.889 bits per heavy atom. The van der Waals surface area contributed by atoms with E-state index in [0.717, 1.165) is 22.6 Å². The highest BCUT2D eigenvalue weighted by Crippen LogP contribution is 2.62. The van der Waals surface area contributed by atoms with E-state index >= 15 is 0 Å². The molecule has 0 spiro atoms. The monoisotopic (exact) mass is 276 g/mol. The number of fused-ring (bicyclic) bond motifs is 3. The summed E-state index contributed by atoms with van der Waals surface area (Å²) >= 11 is 5.56. The molecule has 0 amide bonds. The van der Waals surface area contributed by atoms with Gasteiger partial charge in [0, 0.05) is 11.1 Å². The van der Waals surface area contributed by atoms with Crippen LogP contribution in [-0.2, 0) is 12.2 Å². The number of hydrogen-bond donors (Lipinski definition) is 0. The molecule has 2 nitrogen and oxygen atoms in total. The van der Waals surface area contributed by atoms with Crippen LogP contribution in [0.5, 0.6) is 11.5 Å². The molecule has 2 aromatic rings. The van der Waals surface area contributed by atoms with E-state index in [9.17, 15) is 0 Å². The Hall–Kier alpha value is -1.18. The molecule has 0 radical (unpaired) electrons. The highest BCUT2D eigenvalue weighted by molar-refractivity contribution is 8.38. The fourth-order valence-corrected chi connectivity index (χ4v) is 3.68. The van der Waals surface area contributed by atoms with Gasteiger partial charge in [-0.05, 0) is 19.1 Å². The number of benzene rings is 2. The summed E-state index contributed by atoms with van der Waals surface area (Å²) in [4.78, 5) is 0. The SMILES string of the molecule is CC[P+]1([S-])Oc2ccccc2-c2ccccc2O1. The van der Waals surface area contributed by atoms with Gasteiger partial charge in [-0.15, -0.1) is 0 Å². The number of rotatable bonds is 1. The summed E-state index contributed by atoms with van der Waals surface area (Å²) in [6, 6.07) is 15.9. The van der Waals surface area contributed by atoms with Crippen LogP contribution < -0.4 is 9.05 Å². The van der Waals surface area contributed by atoms with Crippen molar-refractivity contribution in [2.45, 2.75) is 6.92 Å². The Labute approximate surface area is 113 Å². The molecule has 0 saturated heterocycles. The summed E-state index contributed by atoms with van der Waals surface area (Å²) in [5.74, 6) is 1.65. The fourth-order valence-electron chi connectivity index (χ4n) is 1.98. The van der Waals surface area contributed by atoms with E-state index in [1.165, 1.54) is 0 Å². The standard InChI is InChI=1S/C14H13O2PS/c1-2-17(18)15-13-9-5-3-7-11(13)12-8-4-6-10-14(12)16-17/h3-10H,2H2,1H3. The van der Waals surface area contributed by atoms with Crippen LogP contribution in [0.15, 0.2) is 48.5 Å². The van der Waals surface area contributed by atoms with Crippen LogP contribution in [0.3, 0.4) is 0 Å². The van der Waals surface area contributed by atoms with Gasteiger partial charge in [0.15, 0.2) is 11.5 Å². The summed E-state index contributed by atoms with van der Waals surface area (Å²) in [5, 5.41) is 0. The molecule has 92 valence electrons. The van der Waals surface area contributed by atoms with Crippen molar-refractivity contribution in [1.29, 1.82) is 0 Å². The maximum atomic E-state index is 5.98. The predicted octanol–water partition coefficient (Wildman–Crippen LogP) is 4.45. The summed E-state index contributed by atoms with van der Waals surface area (Å²) in [5.41, 5.74) is 2.10. The Bertz CT molecular complexity index is 538. The molecule has 1 heterocycles. The summed E-state index contributed by atoms with van der Waals surface area (Å²) in [6.07, 6.45) is 0.713. The maximum Gasteiger partial charge on any atom is 0.250 e. The zero-order valence-electron chi connectivity index (χ0n) is 10.00. The van der Waals surface area contributed by atoms with Gasteiger partial charge < -0.3 is 21.3 Å². The molecule has 1 aliphatic heterocycles. The second-order valence-corrected chi connectivity index (χ2v) is 7.99. The molecule has 0 aromatic heterocycles. The van der Waals surface area contributed by atoms with Crippen molar-refractivity contribution in [1.82, 2.24) is 0 Å². The van der Waals surface area contributed by atoms with Crippen LogP contribution in [-0.4, -0.2) is 6.16 Å². The first-order valence-electron chi connectivity index (χ1n) is 5.88. The molecule has 0 fully saturated rings. The van der Waals surface area contributed by atoms with Gasteiger partial charge in [-0.3, -0.25) is 0 Å². The molecule has 0 saturated carbocycles. The van der Waals surface area contributed by atoms with Gasteiger partial charge in [0.05, 0.1) is 0 Å². The van der Waals surface area contributed by atoms with Crippen molar-refractivity contribution in [3.8, 4) is 22.6 Å². The summed E-state index contributed by atoms with van der Waals surface area (Å²) < 4.78 is 12.0. The molecule has 0 bridgehead atoms. The molecule has 4 heteroatoms. The molecule has 0 N–H and O–H groups in total. The van der Waals surface area contributed by atoms with E-state index in [1.807, 2.05) is 55.5 Å². The average molecular weight is 276 g/mol. The first-order chi connectivity index (χ1) is 8.72. The minimum Gasteiger partial charge on any atom is -0.473 e. The number of para-hydroxylation sites is 2. The predicted molar refractivity (Wildman–Crippen MR) is 78.0 cm³/mol. The Kier molecular flexibility index (Phi) is 2.96. The molecular formula is C14H13O2PS. The Balaban J connectivity index is 2.24. The lowest BCUT2D eigenvalue weighted by atomic mass is 10.0. The Morgan fingerprint density at radius 2 is 1.33 bits per heavy atom. The van der Waals surface area contributed by atoms with Crippen LogP contribution in [0.2, 0.25) is 0 Å². The van der Waals surface area contributed by atoms with Gasteiger partial charge in [0.25, 0.3) is 6.92 Å². The van der Waals surface area contributed by atoms with Gasteiger partial charge in [-0.1, -0.05) is 36.4 Å². The van der Waals surface area contributed by atoms with Crippen LogP contribution in [0.4, 0.5) is 0 Å². The highest BCUT2D eigenvalue weighted by atomic mass is 32.7. The first-order valence-corrected chi connectivity index (χ1v) is 8.71. The van der Waals surface area contributed by atoms with Crippen molar-refractivity contribution < 1.29 is 9.05 Å². The van der Waals surface area contributed by atoms with Crippen LogP contribution in [0, 0.1) is 0 Å². The highest BCUT2D eigenvalue weighted by Gasteiger charge is 2.33. The Morgan fingerprint density at radius 3 is 1.78 bits per heavy atom. The zero-order valence-corrected chi connectivity index (χ0v) is 11.7. The van der Waals surface area contributed by atoms with Gasteiger partial charge in [-0.25, -0.2) is 0 Å². The second-order valence-electron chi connectivity index (χ2n) is 4.10. The lowest BCUT2D eigenvalue weighted by molar-refractivity contribution is 0.493. The summed E-state index contributed by atoms with van der Waals surface area (Å²) in [7, 11) is 0. The average Bonchev–Trinajstić information content (AvgIpc) is 2.52. The largest absolute Gasteiger partial charge is 0.473 e. The van der Waals surface area contributed by atoms with Gasteiger partial charge in [0.2, 0.25) is 0 Å². The van der Waals surface area contributed by atoms with E-state index < -0.39 is 6.92 Å². The van der Waals surface area contributed by atoms with Crippen molar-refractivity contribution in [2.24, 2.45) is 0 Å². The van der Waals surface area contributed by atoms with Crippen LogP contribution in [0.1, 0.15) is 6.92 Å². The van der Waals surface area contributed by atoms with Crippen molar-refractivity contribution in [2.75, 3.05) is 6.16 Å². The van der Waals surface area contributed by atoms with Crippen LogP contribution >= 0.6 is 6.92 Å². The lowest BCUT2D eigenvalue weighted by Crippen LogP contribution is -2.07. The lowest BCUT2D eigenvalue weighted by Gasteiger charge is -2.26. The summed E-state index contributed by atoms with van der Waals surface area (Å²) in [6.45, 7) is -0.258. The molecule has 1 aliphatic rings. The normalized spacial score (nSPS) is 15.7. The minimum absolute atomic E-state index is 0.713. The van der Waals surface area contributed by atoms with Crippen molar-refractivity contribution in [3.05, 3.63) is 48.5 Å². The third kappa shape index (κ3) is 1.98. The van der Waals surface area contributed by atoms with Crippen molar-refractivity contribution in [3.63, 3.8) is 0 Å². The van der Waals surface area contributed by atoms with Crippen molar-refractivity contribution >= 4 is 19.2 Å². The molecule has 2 aromatic carbocycles. The van der Waals surface area contributed by atoms with Gasteiger partial charge >= 0.3 is 0 Å². The second kappa shape index (κ2) is 4.49. The fraction of sp³-hybridized carbons (Fsp3) is 0.143. The van der Waals surface area contributed by atoms with E-state index in [4.69, 9.17) is 21.3 Å². The van der Waals surface area contributed by atoms with Crippen LogP contribution in [0.25, 0.3) is 11.1 Å². The van der Waals surface area contributed by atoms with Gasteiger partial charge in [-0.2, -0.15) is 0 Å². The molecular weight excluding hydrogens is 263 g/mol. The zero-order chi connectivity index (χ0) is 12.6. The van der Waals surface area contributed by atoms with Gasteiger partial charge in [0.1, 0.15) is 6.16 Å². The quantitative estimate of drug-likeness (QED) is 0.566.